The second-order valence-corrected chi connectivity index (χ2v) is 6.38. The first kappa shape index (κ1) is 18.9. The summed E-state index contributed by atoms with van der Waals surface area (Å²) in [5, 5.41) is 7.00. The minimum absolute atomic E-state index is 0.128. The van der Waals surface area contributed by atoms with Crippen molar-refractivity contribution in [2.45, 2.75) is 33.2 Å². The summed E-state index contributed by atoms with van der Waals surface area (Å²) in [6, 6.07) is 13.7. The number of nitrogens with one attached hydrogen (secondary N) is 2. The fourth-order valence-electron chi connectivity index (χ4n) is 2.57. The van der Waals surface area contributed by atoms with Crippen molar-refractivity contribution >= 4 is 29.0 Å². The molecule has 1 atom stereocenters. The molecule has 0 aliphatic heterocycles. The van der Waals surface area contributed by atoms with Gasteiger partial charge in [-0.05, 0) is 67.4 Å². The maximum absolute atomic E-state index is 11.6. The zero-order valence-electron chi connectivity index (χ0n) is 15.1. The van der Waals surface area contributed by atoms with Crippen LogP contribution in [0.15, 0.2) is 42.5 Å². The number of methoxy groups -OCH3 is 1. The molecule has 0 saturated heterocycles. The summed E-state index contributed by atoms with van der Waals surface area (Å²) in [6.45, 7) is 6.34. The largest absolute Gasteiger partial charge is 0.465 e. The van der Waals surface area contributed by atoms with Crippen molar-refractivity contribution in [3.8, 4) is 0 Å². The van der Waals surface area contributed by atoms with Crippen LogP contribution in [0.1, 0.15) is 46.4 Å². The Hall–Kier alpha value is -2.40. The summed E-state index contributed by atoms with van der Waals surface area (Å²) < 4.78 is 4.74. The fraction of sp³-hybridized carbons (Fsp3) is 0.300. The number of hydrogen-bond donors (Lipinski definition) is 2. The SMILES string of the molecule is CC[C@@H](NC(=S)Nc1cccc(C(=O)OC)c1)c1ccc(C)c(C)c1. The zero-order valence-corrected chi connectivity index (χ0v) is 15.9. The van der Waals surface area contributed by atoms with E-state index < -0.39 is 0 Å². The van der Waals surface area contributed by atoms with Gasteiger partial charge in [-0.2, -0.15) is 0 Å². The van der Waals surface area contributed by atoms with Crippen molar-refractivity contribution in [3.63, 3.8) is 0 Å². The van der Waals surface area contributed by atoms with Gasteiger partial charge in [-0.3, -0.25) is 0 Å². The predicted octanol–water partition coefficient (Wildman–Crippen LogP) is 4.53. The van der Waals surface area contributed by atoms with E-state index in [1.54, 1.807) is 18.2 Å². The van der Waals surface area contributed by atoms with Crippen LogP contribution in [0.25, 0.3) is 0 Å². The van der Waals surface area contributed by atoms with Crippen LogP contribution in [0.2, 0.25) is 0 Å². The van der Waals surface area contributed by atoms with Crippen LogP contribution in [-0.4, -0.2) is 18.2 Å². The molecule has 4 nitrogen and oxygen atoms in total. The first-order valence-corrected chi connectivity index (χ1v) is 8.68. The summed E-state index contributed by atoms with van der Waals surface area (Å²) in [5.74, 6) is -0.371. The lowest BCUT2D eigenvalue weighted by Gasteiger charge is -2.21. The monoisotopic (exact) mass is 356 g/mol. The van der Waals surface area contributed by atoms with Crippen LogP contribution >= 0.6 is 12.2 Å². The van der Waals surface area contributed by atoms with E-state index in [0.29, 0.717) is 10.7 Å². The van der Waals surface area contributed by atoms with Crippen LogP contribution in [0.4, 0.5) is 5.69 Å². The summed E-state index contributed by atoms with van der Waals surface area (Å²) >= 11 is 5.44. The second-order valence-electron chi connectivity index (χ2n) is 5.98. The number of anilines is 1. The smallest absolute Gasteiger partial charge is 0.337 e. The highest BCUT2D eigenvalue weighted by atomic mass is 32.1. The van der Waals surface area contributed by atoms with Gasteiger partial charge in [-0.1, -0.05) is 31.2 Å². The van der Waals surface area contributed by atoms with Crippen molar-refractivity contribution < 1.29 is 9.53 Å². The van der Waals surface area contributed by atoms with Gasteiger partial charge in [0.2, 0.25) is 0 Å². The summed E-state index contributed by atoms with van der Waals surface area (Å²) in [7, 11) is 1.37. The molecule has 0 amide bonds. The molecule has 132 valence electrons. The van der Waals surface area contributed by atoms with Gasteiger partial charge in [0.15, 0.2) is 5.11 Å². The average Bonchev–Trinajstić information content (AvgIpc) is 2.61. The number of hydrogen-bond acceptors (Lipinski definition) is 3. The Labute approximate surface area is 154 Å². The van der Waals surface area contributed by atoms with Crippen LogP contribution in [0.5, 0.6) is 0 Å². The molecule has 5 heteroatoms. The standard InChI is InChI=1S/C20H24N2O2S/c1-5-18(15-10-9-13(2)14(3)11-15)22-20(25)21-17-8-6-7-16(12-17)19(23)24-4/h6-12,18H,5H2,1-4H3,(H2,21,22,25)/t18-/m1/s1. The van der Waals surface area contributed by atoms with Gasteiger partial charge < -0.3 is 15.4 Å². The maximum Gasteiger partial charge on any atom is 0.337 e. The Balaban J connectivity index is 2.07. The molecule has 0 bridgehead atoms. The molecule has 2 aromatic carbocycles. The fourth-order valence-corrected chi connectivity index (χ4v) is 2.83. The van der Waals surface area contributed by atoms with Crippen molar-refractivity contribution in [1.82, 2.24) is 5.32 Å². The molecule has 2 aromatic rings. The molecule has 0 saturated carbocycles. The minimum Gasteiger partial charge on any atom is -0.465 e. The third kappa shape index (κ3) is 5.03. The summed E-state index contributed by atoms with van der Waals surface area (Å²) in [5.41, 5.74) is 4.98. The van der Waals surface area contributed by atoms with Gasteiger partial charge in [0.1, 0.15) is 0 Å². The van der Waals surface area contributed by atoms with Gasteiger partial charge in [0, 0.05) is 5.69 Å². The van der Waals surface area contributed by atoms with E-state index in [-0.39, 0.29) is 12.0 Å². The van der Waals surface area contributed by atoms with Gasteiger partial charge in [-0.15, -0.1) is 0 Å². The minimum atomic E-state index is -0.371. The zero-order chi connectivity index (χ0) is 18.4. The highest BCUT2D eigenvalue weighted by Gasteiger charge is 2.12. The van der Waals surface area contributed by atoms with Gasteiger partial charge in [0.25, 0.3) is 0 Å². The predicted molar refractivity (Wildman–Crippen MR) is 106 cm³/mol. The number of thiocarbonyl (C=S) groups is 1. The van der Waals surface area contributed by atoms with Crippen molar-refractivity contribution in [2.24, 2.45) is 0 Å². The van der Waals surface area contributed by atoms with E-state index in [1.165, 1.54) is 23.8 Å². The first-order valence-electron chi connectivity index (χ1n) is 8.27. The molecule has 2 rings (SSSR count). The summed E-state index contributed by atoms with van der Waals surface area (Å²) in [4.78, 5) is 11.6. The quantitative estimate of drug-likeness (QED) is 0.609. The number of benzene rings is 2. The molecule has 0 unspecified atom stereocenters. The van der Waals surface area contributed by atoms with E-state index >= 15 is 0 Å². The molecule has 25 heavy (non-hydrogen) atoms. The normalized spacial score (nSPS) is 11.5. The Morgan fingerprint density at radius 1 is 1.16 bits per heavy atom. The number of ether oxygens (including phenoxy) is 1. The third-order valence-electron chi connectivity index (χ3n) is 4.19. The molecule has 2 N–H and O–H groups in total. The van der Waals surface area contributed by atoms with Crippen LogP contribution < -0.4 is 10.6 Å². The van der Waals surface area contributed by atoms with E-state index in [4.69, 9.17) is 17.0 Å². The number of rotatable bonds is 5. The molecule has 0 aliphatic rings. The van der Waals surface area contributed by atoms with Gasteiger partial charge in [0.05, 0.1) is 18.7 Å². The third-order valence-corrected chi connectivity index (χ3v) is 4.41. The maximum atomic E-state index is 11.6. The van der Waals surface area contributed by atoms with Crippen LogP contribution in [0, 0.1) is 13.8 Å². The molecule has 0 fully saturated rings. The van der Waals surface area contributed by atoms with Gasteiger partial charge >= 0.3 is 5.97 Å². The molecule has 0 heterocycles. The summed E-state index contributed by atoms with van der Waals surface area (Å²) in [6.07, 6.45) is 0.909. The molecule has 0 aliphatic carbocycles. The first-order chi connectivity index (χ1) is 11.9. The molecular weight excluding hydrogens is 332 g/mol. The average molecular weight is 356 g/mol. The number of esters is 1. The van der Waals surface area contributed by atoms with Crippen molar-refractivity contribution in [1.29, 1.82) is 0 Å². The van der Waals surface area contributed by atoms with E-state index in [9.17, 15) is 4.79 Å². The molecule has 0 spiro atoms. The lowest BCUT2D eigenvalue weighted by Crippen LogP contribution is -2.32. The molecule has 0 radical (unpaired) electrons. The van der Waals surface area contributed by atoms with E-state index in [2.05, 4.69) is 49.6 Å². The van der Waals surface area contributed by atoms with Gasteiger partial charge in [-0.25, -0.2) is 4.79 Å². The van der Waals surface area contributed by atoms with E-state index in [1.807, 2.05) is 6.07 Å². The lowest BCUT2D eigenvalue weighted by molar-refractivity contribution is 0.0601. The Morgan fingerprint density at radius 2 is 1.92 bits per heavy atom. The number of aryl methyl sites for hydroxylation is 2. The Bertz CT molecular complexity index is 774. The lowest BCUT2D eigenvalue weighted by atomic mass is 9.99. The van der Waals surface area contributed by atoms with Crippen molar-refractivity contribution in [2.75, 3.05) is 12.4 Å². The topological polar surface area (TPSA) is 50.4 Å². The highest BCUT2D eigenvalue weighted by molar-refractivity contribution is 7.80. The Morgan fingerprint density at radius 3 is 2.56 bits per heavy atom. The van der Waals surface area contributed by atoms with Crippen LogP contribution in [0.3, 0.4) is 0 Å². The highest BCUT2D eigenvalue weighted by Crippen LogP contribution is 2.20. The van der Waals surface area contributed by atoms with Crippen LogP contribution in [-0.2, 0) is 4.74 Å². The van der Waals surface area contributed by atoms with Crippen molar-refractivity contribution in [3.05, 3.63) is 64.7 Å². The van der Waals surface area contributed by atoms with E-state index in [0.717, 1.165) is 12.1 Å². The number of carbonyl (C=O) groups is 1. The second kappa shape index (κ2) is 8.62. The number of carbonyl (C=O) groups excluding carboxylic acids is 1. The molecule has 0 aromatic heterocycles. The Kier molecular flexibility index (Phi) is 6.53. The molecular formula is C20H24N2O2S.